The number of benzene rings is 2. The summed E-state index contributed by atoms with van der Waals surface area (Å²) < 4.78 is 7.59. The summed E-state index contributed by atoms with van der Waals surface area (Å²) in [5, 5.41) is 4.41. The maximum atomic E-state index is 5.33. The lowest BCUT2D eigenvalue weighted by Crippen LogP contribution is -2.04. The number of fused-ring (bicyclic) bond motifs is 1. The number of hydrogen-bond donors (Lipinski definition) is 1. The van der Waals surface area contributed by atoms with Crippen molar-refractivity contribution in [2.75, 3.05) is 12.4 Å². The van der Waals surface area contributed by atoms with Gasteiger partial charge in [0.15, 0.2) is 0 Å². The highest BCUT2D eigenvalue weighted by molar-refractivity contribution is 5.94. The molecule has 1 N–H and O–H groups in total. The summed E-state index contributed by atoms with van der Waals surface area (Å²) in [7, 11) is 1.67. The van der Waals surface area contributed by atoms with Gasteiger partial charge >= 0.3 is 0 Å². The van der Waals surface area contributed by atoms with Gasteiger partial charge in [0.05, 0.1) is 18.2 Å². The summed E-state index contributed by atoms with van der Waals surface area (Å²) in [4.78, 5) is 9.09. The summed E-state index contributed by atoms with van der Waals surface area (Å²) in [6.07, 6.45) is 1.61. The molecular formula is C23H24N4O. The number of anilines is 2. The molecule has 4 rings (SSSR count). The lowest BCUT2D eigenvalue weighted by atomic mass is 10.1. The molecule has 0 fully saturated rings. The molecule has 5 nitrogen and oxygen atoms in total. The highest BCUT2D eigenvalue weighted by Crippen LogP contribution is 2.34. The first-order chi connectivity index (χ1) is 13.6. The van der Waals surface area contributed by atoms with Gasteiger partial charge in [-0.2, -0.15) is 0 Å². The maximum Gasteiger partial charge on any atom is 0.146 e. The van der Waals surface area contributed by atoms with Crippen molar-refractivity contribution in [1.29, 1.82) is 0 Å². The first-order valence-electron chi connectivity index (χ1n) is 9.41. The van der Waals surface area contributed by atoms with Gasteiger partial charge in [0.2, 0.25) is 0 Å². The highest BCUT2D eigenvalue weighted by atomic mass is 16.5. The molecule has 0 aliphatic carbocycles. The molecule has 0 atom stereocenters. The summed E-state index contributed by atoms with van der Waals surface area (Å²) >= 11 is 0. The van der Waals surface area contributed by atoms with Crippen molar-refractivity contribution in [2.45, 2.75) is 26.8 Å². The van der Waals surface area contributed by atoms with Crippen molar-refractivity contribution < 1.29 is 4.74 Å². The quantitative estimate of drug-likeness (QED) is 0.485. The Morgan fingerprint density at radius 3 is 2.50 bits per heavy atom. The average Bonchev–Trinajstić information content (AvgIpc) is 3.09. The molecule has 5 heteroatoms. The van der Waals surface area contributed by atoms with E-state index in [9.17, 15) is 0 Å². The van der Waals surface area contributed by atoms with E-state index >= 15 is 0 Å². The average molecular weight is 372 g/mol. The van der Waals surface area contributed by atoms with E-state index in [1.54, 1.807) is 13.4 Å². The number of hydrogen-bond acceptors (Lipinski definition) is 4. The molecule has 2 aromatic carbocycles. The molecule has 4 aromatic rings. The largest absolute Gasteiger partial charge is 0.497 e. The van der Waals surface area contributed by atoms with Gasteiger partial charge in [-0.15, -0.1) is 0 Å². The van der Waals surface area contributed by atoms with Crippen LogP contribution in [0.5, 0.6) is 5.75 Å². The fraction of sp³-hybridized carbons (Fsp3) is 0.217. The zero-order chi connectivity index (χ0) is 19.7. The van der Waals surface area contributed by atoms with Crippen molar-refractivity contribution in [3.63, 3.8) is 0 Å². The van der Waals surface area contributed by atoms with Crippen LogP contribution in [-0.4, -0.2) is 21.6 Å². The number of aromatic nitrogens is 3. The second-order valence-electron chi connectivity index (χ2n) is 7.18. The van der Waals surface area contributed by atoms with E-state index in [-0.39, 0.29) is 6.04 Å². The van der Waals surface area contributed by atoms with E-state index < -0.39 is 0 Å². The van der Waals surface area contributed by atoms with Crippen LogP contribution in [0.4, 0.5) is 11.5 Å². The van der Waals surface area contributed by atoms with Gasteiger partial charge in [-0.3, -0.25) is 0 Å². The number of rotatable bonds is 5. The third-order valence-electron chi connectivity index (χ3n) is 4.83. The van der Waals surface area contributed by atoms with Crippen molar-refractivity contribution in [3.8, 4) is 17.0 Å². The Balaban J connectivity index is 1.85. The Morgan fingerprint density at radius 1 is 1.00 bits per heavy atom. The monoisotopic (exact) mass is 372 g/mol. The summed E-state index contributed by atoms with van der Waals surface area (Å²) in [5.74, 6) is 1.58. The van der Waals surface area contributed by atoms with Crippen LogP contribution < -0.4 is 10.1 Å². The van der Waals surface area contributed by atoms with Crippen LogP contribution >= 0.6 is 0 Å². The van der Waals surface area contributed by atoms with Gasteiger partial charge in [-0.1, -0.05) is 35.9 Å². The molecule has 0 amide bonds. The Kier molecular flexibility index (Phi) is 4.74. The predicted octanol–water partition coefficient (Wildman–Crippen LogP) is 5.74. The van der Waals surface area contributed by atoms with Crippen molar-refractivity contribution in [1.82, 2.24) is 14.5 Å². The zero-order valence-electron chi connectivity index (χ0n) is 16.6. The molecule has 0 unspecified atom stereocenters. The molecule has 0 radical (unpaired) electrons. The number of aryl methyl sites for hydroxylation is 1. The number of ether oxygens (including phenoxy) is 1. The number of methoxy groups -OCH3 is 1. The van der Waals surface area contributed by atoms with Gasteiger partial charge < -0.3 is 14.6 Å². The van der Waals surface area contributed by atoms with E-state index in [1.807, 2.05) is 24.3 Å². The minimum atomic E-state index is 0.272. The normalized spacial score (nSPS) is 11.2. The second kappa shape index (κ2) is 7.35. The van der Waals surface area contributed by atoms with Gasteiger partial charge in [0.25, 0.3) is 0 Å². The van der Waals surface area contributed by atoms with Crippen LogP contribution in [0.15, 0.2) is 60.9 Å². The highest BCUT2D eigenvalue weighted by Gasteiger charge is 2.17. The van der Waals surface area contributed by atoms with Gasteiger partial charge in [-0.25, -0.2) is 9.97 Å². The van der Waals surface area contributed by atoms with Crippen LogP contribution in [0.3, 0.4) is 0 Å². The molecule has 142 valence electrons. The molecule has 0 bridgehead atoms. The van der Waals surface area contributed by atoms with Crippen LogP contribution in [0.1, 0.15) is 25.5 Å². The Labute approximate surface area is 165 Å². The number of nitrogens with zero attached hydrogens (tertiary/aromatic N) is 3. The standard InChI is InChI=1S/C23H24N4O/c1-15(2)27-21(17-10-8-16(3)9-11-17)13-20-22(24-14-25-23(20)27)26-18-6-5-7-19(12-18)28-4/h5-15H,1-4H3,(H,24,25,26). The van der Waals surface area contributed by atoms with Crippen molar-refractivity contribution in [3.05, 3.63) is 66.5 Å². The van der Waals surface area contributed by atoms with E-state index in [2.05, 4.69) is 71.0 Å². The smallest absolute Gasteiger partial charge is 0.146 e. The molecule has 2 heterocycles. The van der Waals surface area contributed by atoms with Crippen LogP contribution in [0.25, 0.3) is 22.3 Å². The summed E-state index contributed by atoms with van der Waals surface area (Å²) in [6.45, 7) is 6.45. The first-order valence-corrected chi connectivity index (χ1v) is 9.41. The molecule has 0 spiro atoms. The molecule has 2 aromatic heterocycles. The minimum Gasteiger partial charge on any atom is -0.497 e. The van der Waals surface area contributed by atoms with Gasteiger partial charge in [-0.05, 0) is 44.5 Å². The van der Waals surface area contributed by atoms with E-state index in [1.165, 1.54) is 11.1 Å². The third-order valence-corrected chi connectivity index (χ3v) is 4.83. The zero-order valence-corrected chi connectivity index (χ0v) is 16.6. The topological polar surface area (TPSA) is 52.0 Å². The van der Waals surface area contributed by atoms with E-state index in [0.29, 0.717) is 0 Å². The molecule has 0 saturated carbocycles. The molecular weight excluding hydrogens is 348 g/mol. The molecule has 0 aliphatic heterocycles. The maximum absolute atomic E-state index is 5.33. The van der Waals surface area contributed by atoms with E-state index in [0.717, 1.165) is 34.0 Å². The van der Waals surface area contributed by atoms with Crippen LogP contribution in [0, 0.1) is 6.92 Å². The Morgan fingerprint density at radius 2 is 1.79 bits per heavy atom. The summed E-state index contributed by atoms with van der Waals surface area (Å²) in [6, 6.07) is 18.9. The fourth-order valence-corrected chi connectivity index (χ4v) is 3.44. The second-order valence-corrected chi connectivity index (χ2v) is 7.18. The van der Waals surface area contributed by atoms with Gasteiger partial charge in [0, 0.05) is 17.8 Å². The summed E-state index contributed by atoms with van der Waals surface area (Å²) in [5.41, 5.74) is 5.40. The van der Waals surface area contributed by atoms with Gasteiger partial charge in [0.1, 0.15) is 23.5 Å². The lowest BCUT2D eigenvalue weighted by molar-refractivity contribution is 0.415. The fourth-order valence-electron chi connectivity index (χ4n) is 3.44. The Bertz CT molecular complexity index is 1110. The van der Waals surface area contributed by atoms with E-state index in [4.69, 9.17) is 4.74 Å². The number of nitrogens with one attached hydrogen (secondary N) is 1. The predicted molar refractivity (Wildman–Crippen MR) is 114 cm³/mol. The van der Waals surface area contributed by atoms with Crippen LogP contribution in [0.2, 0.25) is 0 Å². The van der Waals surface area contributed by atoms with Crippen LogP contribution in [-0.2, 0) is 0 Å². The third kappa shape index (κ3) is 3.31. The molecule has 0 saturated heterocycles. The van der Waals surface area contributed by atoms with Crippen molar-refractivity contribution in [2.24, 2.45) is 0 Å². The molecule has 0 aliphatic rings. The Hall–Kier alpha value is -3.34. The SMILES string of the molecule is COc1cccc(Nc2ncnc3c2cc(-c2ccc(C)cc2)n3C(C)C)c1. The van der Waals surface area contributed by atoms with Crippen molar-refractivity contribution >= 4 is 22.5 Å². The molecule has 28 heavy (non-hydrogen) atoms. The lowest BCUT2D eigenvalue weighted by Gasteiger charge is -2.14. The minimum absolute atomic E-state index is 0.272. The first kappa shape index (κ1) is 18.0.